The van der Waals surface area contributed by atoms with Gasteiger partial charge in [0.05, 0.1) is 18.3 Å². The molecule has 1 saturated heterocycles. The van der Waals surface area contributed by atoms with Gasteiger partial charge in [0.2, 0.25) is 0 Å². The number of rotatable bonds is 6. The molecular weight excluding hydrogens is 282 g/mol. The van der Waals surface area contributed by atoms with E-state index in [-0.39, 0.29) is 42.9 Å². The molecular formula is C17H33NO4. The largest absolute Gasteiger partial charge is 0.353 e. The number of hydrogen-bond donors (Lipinski definition) is 1. The molecule has 2 aliphatic rings. The standard InChI is InChI=1S/C17H33NO4/c1-6-19-16(20-10(2)3)13-7-8-14(15(18)9-13)17-21-11(4)12(5)22-17/h10-17H,6-9,18H2,1-5H3. The lowest BCUT2D eigenvalue weighted by atomic mass is 9.78. The van der Waals surface area contributed by atoms with E-state index in [2.05, 4.69) is 13.8 Å². The van der Waals surface area contributed by atoms with Crippen LogP contribution in [0.4, 0.5) is 0 Å². The van der Waals surface area contributed by atoms with Crippen LogP contribution in [0.1, 0.15) is 53.9 Å². The zero-order chi connectivity index (χ0) is 16.3. The van der Waals surface area contributed by atoms with Gasteiger partial charge < -0.3 is 24.7 Å². The normalized spacial score (nSPS) is 41.0. The molecule has 5 heteroatoms. The van der Waals surface area contributed by atoms with Crippen molar-refractivity contribution in [3.05, 3.63) is 0 Å². The fourth-order valence-corrected chi connectivity index (χ4v) is 3.45. The molecule has 0 spiro atoms. The average molecular weight is 315 g/mol. The van der Waals surface area contributed by atoms with Crippen LogP contribution in [-0.4, -0.2) is 43.5 Å². The number of ether oxygens (including phenoxy) is 4. The summed E-state index contributed by atoms with van der Waals surface area (Å²) in [5.41, 5.74) is 6.43. The smallest absolute Gasteiger partial charge is 0.162 e. The van der Waals surface area contributed by atoms with E-state index in [1.54, 1.807) is 0 Å². The zero-order valence-corrected chi connectivity index (χ0v) is 14.7. The first kappa shape index (κ1) is 18.1. The molecule has 0 aromatic rings. The van der Waals surface area contributed by atoms with E-state index >= 15 is 0 Å². The van der Waals surface area contributed by atoms with E-state index in [1.165, 1.54) is 0 Å². The van der Waals surface area contributed by atoms with Crippen LogP contribution >= 0.6 is 0 Å². The van der Waals surface area contributed by atoms with Gasteiger partial charge in [0.25, 0.3) is 0 Å². The van der Waals surface area contributed by atoms with Crippen LogP contribution in [0.15, 0.2) is 0 Å². The monoisotopic (exact) mass is 315 g/mol. The topological polar surface area (TPSA) is 62.9 Å². The Labute approximate surface area is 134 Å². The Hall–Kier alpha value is -0.200. The second-order valence-electron chi connectivity index (χ2n) is 6.96. The van der Waals surface area contributed by atoms with Crippen molar-refractivity contribution in [2.24, 2.45) is 17.6 Å². The molecule has 1 aliphatic heterocycles. The van der Waals surface area contributed by atoms with E-state index in [0.29, 0.717) is 12.5 Å². The third kappa shape index (κ3) is 4.42. The second-order valence-corrected chi connectivity index (χ2v) is 6.96. The molecule has 2 fully saturated rings. The third-order valence-electron chi connectivity index (χ3n) is 4.83. The van der Waals surface area contributed by atoms with E-state index in [1.807, 2.05) is 20.8 Å². The van der Waals surface area contributed by atoms with Crippen molar-refractivity contribution < 1.29 is 18.9 Å². The van der Waals surface area contributed by atoms with Crippen LogP contribution < -0.4 is 5.73 Å². The van der Waals surface area contributed by atoms with Gasteiger partial charge in [-0.2, -0.15) is 0 Å². The summed E-state index contributed by atoms with van der Waals surface area (Å²) < 4.78 is 23.6. The SMILES string of the molecule is CCOC(OC(C)C)C1CCC(C2OC(C)C(C)O2)C(N)C1. The van der Waals surface area contributed by atoms with Crippen molar-refractivity contribution in [3.63, 3.8) is 0 Å². The molecule has 2 rings (SSSR count). The quantitative estimate of drug-likeness (QED) is 0.764. The maximum Gasteiger partial charge on any atom is 0.162 e. The molecule has 0 aromatic heterocycles. The first-order chi connectivity index (χ1) is 10.4. The van der Waals surface area contributed by atoms with Gasteiger partial charge in [-0.25, -0.2) is 0 Å². The van der Waals surface area contributed by atoms with E-state index in [4.69, 9.17) is 24.7 Å². The Morgan fingerprint density at radius 2 is 1.77 bits per heavy atom. The molecule has 0 bridgehead atoms. The summed E-state index contributed by atoms with van der Waals surface area (Å²) in [5.74, 6) is 0.620. The predicted octanol–water partition coefficient (Wildman–Crippen LogP) is 2.67. The summed E-state index contributed by atoms with van der Waals surface area (Å²) >= 11 is 0. The van der Waals surface area contributed by atoms with Crippen LogP contribution in [0.3, 0.4) is 0 Å². The van der Waals surface area contributed by atoms with Gasteiger partial charge in [0.1, 0.15) is 0 Å². The van der Waals surface area contributed by atoms with Crippen molar-refractivity contribution in [1.82, 2.24) is 0 Å². The number of nitrogens with two attached hydrogens (primary N) is 1. The molecule has 1 saturated carbocycles. The average Bonchev–Trinajstić information content (AvgIpc) is 2.77. The highest BCUT2D eigenvalue weighted by molar-refractivity contribution is 4.88. The van der Waals surface area contributed by atoms with Crippen molar-refractivity contribution >= 4 is 0 Å². The highest BCUT2D eigenvalue weighted by Gasteiger charge is 2.42. The van der Waals surface area contributed by atoms with Gasteiger partial charge in [-0.1, -0.05) is 0 Å². The highest BCUT2D eigenvalue weighted by Crippen LogP contribution is 2.37. The van der Waals surface area contributed by atoms with Gasteiger partial charge in [0, 0.05) is 24.5 Å². The maximum absolute atomic E-state index is 6.43. The van der Waals surface area contributed by atoms with Crippen molar-refractivity contribution in [2.45, 2.75) is 90.8 Å². The Morgan fingerprint density at radius 3 is 2.27 bits per heavy atom. The Balaban J connectivity index is 1.91. The van der Waals surface area contributed by atoms with Gasteiger partial charge in [-0.3, -0.25) is 0 Å². The number of hydrogen-bond acceptors (Lipinski definition) is 5. The summed E-state index contributed by atoms with van der Waals surface area (Å²) in [6.45, 7) is 10.9. The molecule has 6 atom stereocenters. The first-order valence-electron chi connectivity index (χ1n) is 8.75. The van der Waals surface area contributed by atoms with Gasteiger partial charge in [-0.05, 0) is 53.9 Å². The molecule has 2 N–H and O–H groups in total. The minimum Gasteiger partial charge on any atom is -0.353 e. The summed E-state index contributed by atoms with van der Waals surface area (Å²) in [4.78, 5) is 0. The Kier molecular flexibility index (Phi) is 6.65. The minimum atomic E-state index is -0.155. The summed E-state index contributed by atoms with van der Waals surface area (Å²) in [6.07, 6.45) is 3.09. The van der Waals surface area contributed by atoms with Gasteiger partial charge >= 0.3 is 0 Å². The van der Waals surface area contributed by atoms with Crippen LogP contribution in [0.2, 0.25) is 0 Å². The lowest BCUT2D eigenvalue weighted by Crippen LogP contribution is -2.46. The van der Waals surface area contributed by atoms with Crippen LogP contribution in [0, 0.1) is 11.8 Å². The molecule has 130 valence electrons. The summed E-state index contributed by atoms with van der Waals surface area (Å²) in [7, 11) is 0. The first-order valence-corrected chi connectivity index (χ1v) is 8.75. The summed E-state index contributed by atoms with van der Waals surface area (Å²) in [5, 5.41) is 0. The lowest BCUT2D eigenvalue weighted by molar-refractivity contribution is -0.201. The fraction of sp³-hybridized carbons (Fsp3) is 1.00. The molecule has 22 heavy (non-hydrogen) atoms. The third-order valence-corrected chi connectivity index (χ3v) is 4.83. The van der Waals surface area contributed by atoms with Crippen molar-refractivity contribution in [1.29, 1.82) is 0 Å². The van der Waals surface area contributed by atoms with Crippen LogP contribution in [0.5, 0.6) is 0 Å². The predicted molar refractivity (Wildman–Crippen MR) is 85.3 cm³/mol. The molecule has 1 heterocycles. The van der Waals surface area contributed by atoms with Crippen molar-refractivity contribution in [3.8, 4) is 0 Å². The van der Waals surface area contributed by atoms with Gasteiger partial charge in [-0.15, -0.1) is 0 Å². The molecule has 0 radical (unpaired) electrons. The Bertz CT molecular complexity index is 329. The van der Waals surface area contributed by atoms with Crippen molar-refractivity contribution in [2.75, 3.05) is 6.61 Å². The zero-order valence-electron chi connectivity index (χ0n) is 14.7. The summed E-state index contributed by atoms with van der Waals surface area (Å²) in [6, 6.07) is 0.0694. The fourth-order valence-electron chi connectivity index (χ4n) is 3.45. The minimum absolute atomic E-state index is 0.0694. The highest BCUT2D eigenvalue weighted by atomic mass is 16.7. The van der Waals surface area contributed by atoms with E-state index < -0.39 is 0 Å². The maximum atomic E-state index is 6.43. The molecule has 5 nitrogen and oxygen atoms in total. The molecule has 6 unspecified atom stereocenters. The molecule has 0 aromatic carbocycles. The lowest BCUT2D eigenvalue weighted by Gasteiger charge is -2.39. The Morgan fingerprint density at radius 1 is 1.14 bits per heavy atom. The van der Waals surface area contributed by atoms with Gasteiger partial charge in [0.15, 0.2) is 12.6 Å². The van der Waals surface area contributed by atoms with Crippen LogP contribution in [0.25, 0.3) is 0 Å². The molecule has 0 amide bonds. The van der Waals surface area contributed by atoms with Crippen LogP contribution in [-0.2, 0) is 18.9 Å². The second kappa shape index (κ2) is 8.06. The van der Waals surface area contributed by atoms with E-state index in [9.17, 15) is 0 Å². The molecule has 1 aliphatic carbocycles. The van der Waals surface area contributed by atoms with E-state index in [0.717, 1.165) is 19.3 Å².